The van der Waals surface area contributed by atoms with E-state index in [1.54, 1.807) is 24.3 Å². The summed E-state index contributed by atoms with van der Waals surface area (Å²) in [5, 5.41) is 0. The van der Waals surface area contributed by atoms with E-state index in [4.69, 9.17) is 10.5 Å². The van der Waals surface area contributed by atoms with Crippen molar-refractivity contribution < 1.29 is 17.9 Å². The number of Topliss-reactive ketones (excluding diaryl/α,β-unsaturated/α-hetero) is 1. The average Bonchev–Trinajstić information content (AvgIpc) is 2.57. The van der Waals surface area contributed by atoms with Gasteiger partial charge in [-0.15, -0.1) is 4.83 Å². The van der Waals surface area contributed by atoms with Crippen molar-refractivity contribution in [2.45, 2.75) is 4.90 Å². The molecular formula is C16H15N3O4S. The third-order valence-corrected chi connectivity index (χ3v) is 4.72. The van der Waals surface area contributed by atoms with Crippen LogP contribution in [0, 0.1) is 0 Å². The zero-order chi connectivity index (χ0) is 17.2. The highest BCUT2D eigenvalue weighted by Crippen LogP contribution is 2.26. The summed E-state index contributed by atoms with van der Waals surface area (Å²) < 4.78 is 29.7. The number of carbonyl (C=O) groups is 1. The van der Waals surface area contributed by atoms with E-state index in [2.05, 4.69) is 10.3 Å². The van der Waals surface area contributed by atoms with E-state index in [-0.39, 0.29) is 17.3 Å². The predicted octanol–water partition coefficient (Wildman–Crippen LogP) is 1.21. The number of ether oxygens (including phenoxy) is 1. The van der Waals surface area contributed by atoms with Crippen molar-refractivity contribution in [1.82, 2.24) is 10.3 Å². The van der Waals surface area contributed by atoms with Crippen LogP contribution in [0.4, 0.5) is 5.69 Å². The Bertz CT molecular complexity index is 905. The van der Waals surface area contributed by atoms with Gasteiger partial charge in [-0.05, 0) is 36.4 Å². The van der Waals surface area contributed by atoms with E-state index in [0.29, 0.717) is 22.6 Å². The molecule has 0 amide bonds. The van der Waals surface area contributed by atoms with Crippen molar-refractivity contribution in [3.8, 4) is 5.75 Å². The normalized spacial score (nSPS) is 15.7. The van der Waals surface area contributed by atoms with Crippen molar-refractivity contribution in [3.63, 3.8) is 0 Å². The Morgan fingerprint density at radius 3 is 2.54 bits per heavy atom. The molecule has 0 fully saturated rings. The van der Waals surface area contributed by atoms with Crippen LogP contribution in [0.15, 0.2) is 65.2 Å². The molecule has 1 aliphatic heterocycles. The lowest BCUT2D eigenvalue weighted by Gasteiger charge is -2.18. The first-order chi connectivity index (χ1) is 11.5. The topological polar surface area (TPSA) is 111 Å². The number of para-hydroxylation sites is 1. The molecule has 0 bridgehead atoms. The molecule has 0 atom stereocenters. The Balaban J connectivity index is 1.71. The Kier molecular flexibility index (Phi) is 4.24. The molecule has 1 heterocycles. The highest BCUT2D eigenvalue weighted by molar-refractivity contribution is 7.89. The fraction of sp³-hybridized carbons (Fsp3) is 0.0625. The number of nitrogen functional groups attached to an aromatic ring is 1. The van der Waals surface area contributed by atoms with Crippen molar-refractivity contribution in [3.05, 3.63) is 65.9 Å². The minimum absolute atomic E-state index is 0.0548. The second kappa shape index (κ2) is 6.34. The number of fused-ring (bicyclic) bond motifs is 1. The second-order valence-electron chi connectivity index (χ2n) is 5.10. The lowest BCUT2D eigenvalue weighted by Crippen LogP contribution is -2.35. The number of sulfonamides is 1. The van der Waals surface area contributed by atoms with E-state index in [0.717, 1.165) is 0 Å². The largest absolute Gasteiger partial charge is 0.488 e. The number of anilines is 1. The average molecular weight is 345 g/mol. The standard InChI is InChI=1S/C16H15N3O4S/c17-12-5-7-13(8-6-12)24(21,22)19-18-9-11-10-23-15-4-2-1-3-14(15)16(11)20/h1-9,18-19H,10,17H2/b11-9+. The Labute approximate surface area is 139 Å². The summed E-state index contributed by atoms with van der Waals surface area (Å²) in [7, 11) is -3.77. The van der Waals surface area contributed by atoms with E-state index >= 15 is 0 Å². The maximum atomic E-state index is 12.3. The van der Waals surface area contributed by atoms with Crippen LogP contribution in [0.2, 0.25) is 0 Å². The number of ketones is 1. The van der Waals surface area contributed by atoms with Crippen LogP contribution in [-0.2, 0) is 10.0 Å². The number of carbonyl (C=O) groups excluding carboxylic acids is 1. The van der Waals surface area contributed by atoms with Gasteiger partial charge in [0.05, 0.1) is 16.0 Å². The van der Waals surface area contributed by atoms with Gasteiger partial charge in [0.2, 0.25) is 0 Å². The molecule has 0 radical (unpaired) electrons. The highest BCUT2D eigenvalue weighted by Gasteiger charge is 2.22. The summed E-state index contributed by atoms with van der Waals surface area (Å²) in [4.78, 5) is 14.5. The van der Waals surface area contributed by atoms with Gasteiger partial charge in [-0.3, -0.25) is 4.79 Å². The SMILES string of the molecule is Nc1ccc(S(=O)(=O)NN/C=C2\COc3ccccc3C2=O)cc1. The summed E-state index contributed by atoms with van der Waals surface area (Å²) in [5.41, 5.74) is 9.19. The summed E-state index contributed by atoms with van der Waals surface area (Å²) in [6.45, 7) is 0.0619. The first-order valence-corrected chi connectivity index (χ1v) is 8.54. The number of rotatable bonds is 4. The Morgan fingerprint density at radius 2 is 1.79 bits per heavy atom. The molecule has 0 aromatic heterocycles. The molecule has 0 unspecified atom stereocenters. The van der Waals surface area contributed by atoms with E-state index in [9.17, 15) is 13.2 Å². The zero-order valence-electron chi connectivity index (χ0n) is 12.5. The van der Waals surface area contributed by atoms with Crippen LogP contribution in [0.25, 0.3) is 0 Å². The Morgan fingerprint density at radius 1 is 1.08 bits per heavy atom. The van der Waals surface area contributed by atoms with Gasteiger partial charge < -0.3 is 15.9 Å². The van der Waals surface area contributed by atoms with E-state index < -0.39 is 10.0 Å². The van der Waals surface area contributed by atoms with E-state index in [1.165, 1.54) is 30.5 Å². The number of hydrazine groups is 1. The number of benzene rings is 2. The minimum Gasteiger partial charge on any atom is -0.488 e. The molecule has 0 aliphatic carbocycles. The summed E-state index contributed by atoms with van der Waals surface area (Å²) in [5.74, 6) is 0.304. The van der Waals surface area contributed by atoms with Crippen LogP contribution in [0.3, 0.4) is 0 Å². The summed E-state index contributed by atoms with van der Waals surface area (Å²) in [6.07, 6.45) is 1.28. The number of hydrogen-bond donors (Lipinski definition) is 3. The van der Waals surface area contributed by atoms with E-state index in [1.807, 2.05) is 0 Å². The van der Waals surface area contributed by atoms with Crippen molar-refractivity contribution in [2.24, 2.45) is 0 Å². The second-order valence-corrected chi connectivity index (χ2v) is 6.78. The fourth-order valence-corrected chi connectivity index (χ4v) is 3.01. The molecule has 2 aromatic carbocycles. The fourth-order valence-electron chi connectivity index (χ4n) is 2.18. The van der Waals surface area contributed by atoms with Crippen LogP contribution >= 0.6 is 0 Å². The van der Waals surface area contributed by atoms with Crippen molar-refractivity contribution >= 4 is 21.5 Å². The molecule has 7 nitrogen and oxygen atoms in total. The van der Waals surface area contributed by atoms with Gasteiger partial charge in [0.15, 0.2) is 5.78 Å². The molecule has 0 saturated carbocycles. The lowest BCUT2D eigenvalue weighted by atomic mass is 10.0. The monoisotopic (exact) mass is 345 g/mol. The van der Waals surface area contributed by atoms with Gasteiger partial charge in [0, 0.05) is 11.9 Å². The number of nitrogens with two attached hydrogens (primary N) is 1. The maximum absolute atomic E-state index is 12.3. The minimum atomic E-state index is -3.77. The van der Waals surface area contributed by atoms with Crippen LogP contribution in [-0.4, -0.2) is 20.8 Å². The molecule has 0 saturated heterocycles. The maximum Gasteiger partial charge on any atom is 0.257 e. The van der Waals surface area contributed by atoms with Crippen molar-refractivity contribution in [2.75, 3.05) is 12.3 Å². The third kappa shape index (κ3) is 3.24. The first kappa shape index (κ1) is 16.0. The van der Waals surface area contributed by atoms with Gasteiger partial charge in [-0.2, -0.15) is 0 Å². The van der Waals surface area contributed by atoms with Crippen LogP contribution in [0.1, 0.15) is 10.4 Å². The highest BCUT2D eigenvalue weighted by atomic mass is 32.2. The molecule has 24 heavy (non-hydrogen) atoms. The predicted molar refractivity (Wildman–Crippen MR) is 88.7 cm³/mol. The van der Waals surface area contributed by atoms with Gasteiger partial charge in [-0.25, -0.2) is 8.42 Å². The molecule has 124 valence electrons. The molecular weight excluding hydrogens is 330 g/mol. The number of nitrogens with one attached hydrogen (secondary N) is 2. The lowest BCUT2D eigenvalue weighted by molar-refractivity contribution is 0.0998. The molecule has 3 rings (SSSR count). The van der Waals surface area contributed by atoms with Gasteiger partial charge >= 0.3 is 0 Å². The molecule has 1 aliphatic rings. The van der Waals surface area contributed by atoms with Gasteiger partial charge in [-0.1, -0.05) is 12.1 Å². The summed E-state index contributed by atoms with van der Waals surface area (Å²) >= 11 is 0. The quantitative estimate of drug-likeness (QED) is 0.436. The van der Waals surface area contributed by atoms with Crippen LogP contribution in [0.5, 0.6) is 5.75 Å². The summed E-state index contributed by atoms with van der Waals surface area (Å²) in [6, 6.07) is 12.6. The molecule has 8 heteroatoms. The first-order valence-electron chi connectivity index (χ1n) is 7.06. The molecule has 2 aromatic rings. The molecule has 4 N–H and O–H groups in total. The van der Waals surface area contributed by atoms with Gasteiger partial charge in [0.25, 0.3) is 10.0 Å². The zero-order valence-corrected chi connectivity index (χ0v) is 13.3. The Hall–Kier alpha value is -2.84. The molecule has 0 spiro atoms. The van der Waals surface area contributed by atoms with Crippen LogP contribution < -0.4 is 20.7 Å². The smallest absolute Gasteiger partial charge is 0.257 e. The third-order valence-electron chi connectivity index (χ3n) is 3.44. The number of hydrogen-bond acceptors (Lipinski definition) is 6. The van der Waals surface area contributed by atoms with Gasteiger partial charge in [0.1, 0.15) is 12.4 Å². The van der Waals surface area contributed by atoms with Crippen molar-refractivity contribution in [1.29, 1.82) is 0 Å².